The summed E-state index contributed by atoms with van der Waals surface area (Å²) in [5.74, 6) is -0.178. The Bertz CT molecular complexity index is 370. The van der Waals surface area contributed by atoms with Crippen LogP contribution >= 0.6 is 0 Å². The largest absolute Gasteiger partial charge is 0.457 e. The highest BCUT2D eigenvalue weighted by Gasteiger charge is 2.25. The van der Waals surface area contributed by atoms with E-state index in [0.717, 1.165) is 5.56 Å². The summed E-state index contributed by atoms with van der Waals surface area (Å²) in [5.41, 5.74) is 1.11. The van der Waals surface area contributed by atoms with Crippen molar-refractivity contribution in [1.82, 2.24) is 0 Å². The third kappa shape index (κ3) is 1.16. The van der Waals surface area contributed by atoms with Crippen molar-refractivity contribution in [3.63, 3.8) is 0 Å². The zero-order chi connectivity index (χ0) is 9.26. The van der Waals surface area contributed by atoms with E-state index in [9.17, 15) is 9.59 Å². The molecule has 0 radical (unpaired) electrons. The summed E-state index contributed by atoms with van der Waals surface area (Å²) in [4.78, 5) is 21.2. The minimum Gasteiger partial charge on any atom is -0.457 e. The molecule has 1 aromatic rings. The molecule has 1 aromatic carbocycles. The number of ether oxygens (including phenoxy) is 2. The van der Waals surface area contributed by atoms with Crippen LogP contribution in [-0.2, 0) is 16.1 Å². The van der Waals surface area contributed by atoms with Crippen molar-refractivity contribution in [2.75, 3.05) is 0 Å². The molecule has 66 valence electrons. The first kappa shape index (κ1) is 7.79. The van der Waals surface area contributed by atoms with Gasteiger partial charge in [-0.25, -0.2) is 4.79 Å². The SMILES string of the molecule is O=COc1cccc2c1C(=O)OC2. The van der Waals surface area contributed by atoms with Gasteiger partial charge in [0.15, 0.2) is 0 Å². The molecule has 2 rings (SSSR count). The van der Waals surface area contributed by atoms with Crippen molar-refractivity contribution in [1.29, 1.82) is 0 Å². The van der Waals surface area contributed by atoms with E-state index < -0.39 is 5.97 Å². The number of carbonyl (C=O) groups is 2. The monoisotopic (exact) mass is 178 g/mol. The lowest BCUT2D eigenvalue weighted by Crippen LogP contribution is -1.99. The average molecular weight is 178 g/mol. The minimum atomic E-state index is -0.438. The van der Waals surface area contributed by atoms with Gasteiger partial charge in [-0.05, 0) is 6.07 Å². The van der Waals surface area contributed by atoms with Crippen molar-refractivity contribution in [3.8, 4) is 5.75 Å². The van der Waals surface area contributed by atoms with Crippen LogP contribution in [0.5, 0.6) is 5.75 Å². The molecule has 0 spiro atoms. The third-order valence-electron chi connectivity index (χ3n) is 1.85. The van der Waals surface area contributed by atoms with E-state index >= 15 is 0 Å². The fourth-order valence-corrected chi connectivity index (χ4v) is 1.29. The normalized spacial score (nSPS) is 13.4. The van der Waals surface area contributed by atoms with Crippen LogP contribution in [0.2, 0.25) is 0 Å². The van der Waals surface area contributed by atoms with Gasteiger partial charge in [-0.3, -0.25) is 4.79 Å². The van der Waals surface area contributed by atoms with Gasteiger partial charge in [0, 0.05) is 5.56 Å². The van der Waals surface area contributed by atoms with E-state index in [1.54, 1.807) is 18.2 Å². The number of rotatable bonds is 2. The Kier molecular flexibility index (Phi) is 1.73. The van der Waals surface area contributed by atoms with Crippen LogP contribution in [-0.4, -0.2) is 12.4 Å². The summed E-state index contributed by atoms with van der Waals surface area (Å²) in [6.45, 7) is 0.547. The van der Waals surface area contributed by atoms with Gasteiger partial charge >= 0.3 is 5.97 Å². The fourth-order valence-electron chi connectivity index (χ4n) is 1.29. The summed E-state index contributed by atoms with van der Waals surface area (Å²) in [5, 5.41) is 0. The van der Waals surface area contributed by atoms with Crippen LogP contribution in [0, 0.1) is 0 Å². The molecule has 0 bridgehead atoms. The zero-order valence-electron chi connectivity index (χ0n) is 6.65. The van der Waals surface area contributed by atoms with Crippen LogP contribution in [0.25, 0.3) is 0 Å². The van der Waals surface area contributed by atoms with Gasteiger partial charge in [0.05, 0.1) is 0 Å². The zero-order valence-corrected chi connectivity index (χ0v) is 6.65. The number of hydrogen-bond donors (Lipinski definition) is 0. The Hall–Kier alpha value is -1.84. The Morgan fingerprint density at radius 1 is 1.46 bits per heavy atom. The summed E-state index contributed by atoms with van der Waals surface area (Å²) in [6, 6.07) is 5.03. The molecule has 13 heavy (non-hydrogen) atoms. The quantitative estimate of drug-likeness (QED) is 0.498. The first-order chi connectivity index (χ1) is 6.33. The molecular weight excluding hydrogens is 172 g/mol. The van der Waals surface area contributed by atoms with Crippen molar-refractivity contribution >= 4 is 12.4 Å². The maximum Gasteiger partial charge on any atom is 0.342 e. The van der Waals surface area contributed by atoms with Gasteiger partial charge in [0.2, 0.25) is 0 Å². The summed E-state index contributed by atoms with van der Waals surface area (Å²) >= 11 is 0. The smallest absolute Gasteiger partial charge is 0.342 e. The van der Waals surface area contributed by atoms with Crippen molar-refractivity contribution < 1.29 is 19.1 Å². The molecule has 0 saturated heterocycles. The van der Waals surface area contributed by atoms with Crippen LogP contribution in [0.1, 0.15) is 15.9 Å². The van der Waals surface area contributed by atoms with Gasteiger partial charge in [0.25, 0.3) is 6.47 Å². The molecular formula is C9H6O4. The predicted molar refractivity (Wildman–Crippen MR) is 42.3 cm³/mol. The van der Waals surface area contributed by atoms with E-state index in [0.29, 0.717) is 12.0 Å². The molecule has 0 fully saturated rings. The average Bonchev–Trinajstić information content (AvgIpc) is 2.50. The van der Waals surface area contributed by atoms with Gasteiger partial charge in [0.1, 0.15) is 17.9 Å². The molecule has 1 aliphatic rings. The van der Waals surface area contributed by atoms with Crippen molar-refractivity contribution in [3.05, 3.63) is 29.3 Å². The number of carbonyl (C=O) groups excluding carboxylic acids is 2. The summed E-state index contributed by atoms with van der Waals surface area (Å²) in [7, 11) is 0. The predicted octanol–water partition coefficient (Wildman–Crippen LogP) is 0.892. The number of benzene rings is 1. The number of hydrogen-bond acceptors (Lipinski definition) is 4. The van der Waals surface area contributed by atoms with Gasteiger partial charge in [-0.1, -0.05) is 12.1 Å². The molecule has 0 saturated carbocycles. The Morgan fingerprint density at radius 3 is 3.08 bits per heavy atom. The summed E-state index contributed by atoms with van der Waals surface area (Å²) < 4.78 is 9.41. The highest BCUT2D eigenvalue weighted by Crippen LogP contribution is 2.28. The summed E-state index contributed by atoms with van der Waals surface area (Å²) in [6.07, 6.45) is 0. The number of fused-ring (bicyclic) bond motifs is 1. The molecule has 4 nitrogen and oxygen atoms in total. The van der Waals surface area contributed by atoms with E-state index in [-0.39, 0.29) is 12.4 Å². The lowest BCUT2D eigenvalue weighted by Gasteiger charge is -2.00. The number of esters is 1. The van der Waals surface area contributed by atoms with Crippen molar-refractivity contribution in [2.45, 2.75) is 6.61 Å². The van der Waals surface area contributed by atoms with Crippen molar-refractivity contribution in [2.24, 2.45) is 0 Å². The molecule has 1 aliphatic heterocycles. The maximum absolute atomic E-state index is 11.1. The fraction of sp³-hybridized carbons (Fsp3) is 0.111. The third-order valence-corrected chi connectivity index (χ3v) is 1.85. The minimum absolute atomic E-state index is 0.254. The molecule has 0 amide bonds. The van der Waals surface area contributed by atoms with Crippen LogP contribution in [0.3, 0.4) is 0 Å². The highest BCUT2D eigenvalue weighted by atomic mass is 16.5. The van der Waals surface area contributed by atoms with Crippen LogP contribution in [0.4, 0.5) is 0 Å². The van der Waals surface area contributed by atoms with Crippen LogP contribution in [0.15, 0.2) is 18.2 Å². The molecule has 0 aliphatic carbocycles. The molecule has 4 heteroatoms. The van der Waals surface area contributed by atoms with Gasteiger partial charge < -0.3 is 9.47 Å². The molecule has 0 N–H and O–H groups in total. The molecule has 0 unspecified atom stereocenters. The van der Waals surface area contributed by atoms with E-state index in [4.69, 9.17) is 4.74 Å². The Balaban J connectivity index is 2.52. The topological polar surface area (TPSA) is 52.6 Å². The van der Waals surface area contributed by atoms with E-state index in [1.165, 1.54) is 0 Å². The second-order valence-corrected chi connectivity index (χ2v) is 2.58. The second-order valence-electron chi connectivity index (χ2n) is 2.58. The first-order valence-corrected chi connectivity index (χ1v) is 3.72. The van der Waals surface area contributed by atoms with Gasteiger partial charge in [-0.2, -0.15) is 0 Å². The highest BCUT2D eigenvalue weighted by molar-refractivity contribution is 5.96. The molecule has 1 heterocycles. The van der Waals surface area contributed by atoms with Gasteiger partial charge in [-0.15, -0.1) is 0 Å². The Morgan fingerprint density at radius 2 is 2.31 bits per heavy atom. The second kappa shape index (κ2) is 2.90. The van der Waals surface area contributed by atoms with Crippen LogP contribution < -0.4 is 4.74 Å². The first-order valence-electron chi connectivity index (χ1n) is 3.72. The standard InChI is InChI=1S/C9H6O4/c10-5-13-7-3-1-2-6-4-12-9(11)8(6)7/h1-3,5H,4H2. The van der Waals surface area contributed by atoms with E-state index in [1.807, 2.05) is 0 Å². The number of cyclic esters (lactones) is 1. The lowest BCUT2D eigenvalue weighted by atomic mass is 10.1. The Labute approximate surface area is 74.1 Å². The lowest BCUT2D eigenvalue weighted by molar-refractivity contribution is -0.120. The molecule has 0 atom stereocenters. The maximum atomic E-state index is 11.1. The van der Waals surface area contributed by atoms with E-state index in [2.05, 4.69) is 4.74 Å². The molecule has 0 aromatic heterocycles.